The zero-order valence-electron chi connectivity index (χ0n) is 18.8. The van der Waals surface area contributed by atoms with Crippen molar-refractivity contribution in [3.63, 3.8) is 0 Å². The lowest BCUT2D eigenvalue weighted by Crippen LogP contribution is -2.54. The number of nitrogens with zero attached hydrogens (tertiary/aromatic N) is 1. The summed E-state index contributed by atoms with van der Waals surface area (Å²) in [6.07, 6.45) is 4.75. The van der Waals surface area contributed by atoms with Crippen LogP contribution in [0.2, 0.25) is 0 Å². The summed E-state index contributed by atoms with van der Waals surface area (Å²) in [5.41, 5.74) is 3.19. The summed E-state index contributed by atoms with van der Waals surface area (Å²) in [7, 11) is 0. The van der Waals surface area contributed by atoms with E-state index in [0.717, 1.165) is 49.4 Å². The molecule has 7 heteroatoms. The van der Waals surface area contributed by atoms with Crippen molar-refractivity contribution in [2.24, 2.45) is 0 Å². The molecule has 1 amide bonds. The predicted molar refractivity (Wildman–Crippen MR) is 124 cm³/mol. The van der Waals surface area contributed by atoms with Crippen molar-refractivity contribution in [3.05, 3.63) is 59.2 Å². The molecule has 32 heavy (non-hydrogen) atoms. The standard InChI is InChI=1S/C25H32F2N4O/c1-17-7-8-18(25(2,23-6-5-11-28-23)31-12-3-4-13-31)14-22(17)30-24(32)16-29-19-9-10-20(26)21(27)15-19/h7-10,14-15,23,28-29H,3-6,11-13,16H2,1-2H3,(H,30,32). The Labute approximate surface area is 188 Å². The summed E-state index contributed by atoms with van der Waals surface area (Å²) < 4.78 is 26.5. The van der Waals surface area contributed by atoms with Gasteiger partial charge in [0.2, 0.25) is 5.91 Å². The molecule has 2 aromatic rings. The fraction of sp³-hybridized carbons (Fsp3) is 0.480. The number of carbonyl (C=O) groups is 1. The molecule has 2 aliphatic heterocycles. The van der Waals surface area contributed by atoms with E-state index >= 15 is 0 Å². The smallest absolute Gasteiger partial charge is 0.243 e. The van der Waals surface area contributed by atoms with Crippen LogP contribution in [0.4, 0.5) is 20.2 Å². The summed E-state index contributed by atoms with van der Waals surface area (Å²) in [6, 6.07) is 10.2. The molecule has 4 rings (SSSR count). The van der Waals surface area contributed by atoms with Gasteiger partial charge in [-0.05, 0) is 88.5 Å². The second kappa shape index (κ2) is 9.55. The molecule has 0 radical (unpaired) electrons. The Bertz CT molecular complexity index is 952. The minimum Gasteiger partial charge on any atom is -0.376 e. The van der Waals surface area contributed by atoms with Gasteiger partial charge in [-0.25, -0.2) is 8.78 Å². The maximum absolute atomic E-state index is 13.4. The minimum absolute atomic E-state index is 0.0394. The Kier molecular flexibility index (Phi) is 6.76. The van der Waals surface area contributed by atoms with E-state index in [2.05, 4.69) is 46.0 Å². The highest BCUT2D eigenvalue weighted by Gasteiger charge is 2.43. The summed E-state index contributed by atoms with van der Waals surface area (Å²) in [6.45, 7) is 7.47. The molecular weight excluding hydrogens is 410 g/mol. The molecule has 3 N–H and O–H groups in total. The minimum atomic E-state index is -0.944. The van der Waals surface area contributed by atoms with Crippen LogP contribution in [0, 0.1) is 18.6 Å². The lowest BCUT2D eigenvalue weighted by molar-refractivity contribution is -0.114. The molecule has 5 nitrogen and oxygen atoms in total. The van der Waals surface area contributed by atoms with Gasteiger partial charge in [0.05, 0.1) is 12.1 Å². The molecule has 2 aliphatic rings. The molecule has 2 aromatic carbocycles. The second-order valence-electron chi connectivity index (χ2n) is 9.05. The van der Waals surface area contributed by atoms with Crippen LogP contribution < -0.4 is 16.0 Å². The van der Waals surface area contributed by atoms with Crippen molar-refractivity contribution < 1.29 is 13.6 Å². The monoisotopic (exact) mass is 442 g/mol. The van der Waals surface area contributed by atoms with Crippen LogP contribution in [0.25, 0.3) is 0 Å². The summed E-state index contributed by atoms with van der Waals surface area (Å²) in [5, 5.41) is 9.54. The SMILES string of the molecule is Cc1ccc(C(C)(C2CCCN2)N2CCCC2)cc1NC(=O)CNc1ccc(F)c(F)c1. The van der Waals surface area contributed by atoms with Gasteiger partial charge in [-0.3, -0.25) is 9.69 Å². The first-order chi connectivity index (χ1) is 15.4. The maximum atomic E-state index is 13.4. The molecule has 172 valence electrons. The normalized spacial score (nSPS) is 20.8. The average Bonchev–Trinajstić information content (AvgIpc) is 3.50. The van der Waals surface area contributed by atoms with Crippen LogP contribution in [0.3, 0.4) is 0 Å². The summed E-state index contributed by atoms with van der Waals surface area (Å²) >= 11 is 0. The molecule has 2 unspecified atom stereocenters. The number of benzene rings is 2. The van der Waals surface area contributed by atoms with Crippen LogP contribution in [0.15, 0.2) is 36.4 Å². The fourth-order valence-electron chi connectivity index (χ4n) is 5.00. The van der Waals surface area contributed by atoms with Crippen molar-refractivity contribution in [2.45, 2.75) is 51.1 Å². The molecule has 0 spiro atoms. The van der Waals surface area contributed by atoms with Crippen molar-refractivity contribution in [1.82, 2.24) is 10.2 Å². The van der Waals surface area contributed by atoms with Gasteiger partial charge >= 0.3 is 0 Å². The van der Waals surface area contributed by atoms with Crippen molar-refractivity contribution in [1.29, 1.82) is 0 Å². The number of likely N-dealkylation sites (tertiary alicyclic amines) is 1. The third-order valence-corrected chi connectivity index (χ3v) is 6.97. The van der Waals surface area contributed by atoms with Gasteiger partial charge in [0.25, 0.3) is 0 Å². The Hall–Kier alpha value is -2.51. The third-order valence-electron chi connectivity index (χ3n) is 6.97. The number of aryl methyl sites for hydroxylation is 1. The van der Waals surface area contributed by atoms with E-state index < -0.39 is 11.6 Å². The zero-order chi connectivity index (χ0) is 22.7. The van der Waals surface area contributed by atoms with Crippen LogP contribution in [0.5, 0.6) is 0 Å². The number of halogens is 2. The van der Waals surface area contributed by atoms with Crippen LogP contribution in [-0.2, 0) is 10.3 Å². The molecule has 2 atom stereocenters. The molecule has 2 heterocycles. The van der Waals surface area contributed by atoms with E-state index in [1.807, 2.05) is 6.92 Å². The number of hydrogen-bond donors (Lipinski definition) is 3. The summed E-state index contributed by atoms with van der Waals surface area (Å²) in [4.78, 5) is 15.2. The Morgan fingerprint density at radius 1 is 1.12 bits per heavy atom. The van der Waals surface area contributed by atoms with Gasteiger partial charge < -0.3 is 16.0 Å². The molecule has 0 saturated carbocycles. The third kappa shape index (κ3) is 4.64. The Morgan fingerprint density at radius 3 is 2.59 bits per heavy atom. The number of hydrogen-bond acceptors (Lipinski definition) is 4. The van der Waals surface area contributed by atoms with Crippen LogP contribution in [-0.4, -0.2) is 43.0 Å². The largest absolute Gasteiger partial charge is 0.376 e. The Morgan fingerprint density at radius 2 is 1.91 bits per heavy atom. The molecule has 0 aliphatic carbocycles. The van der Waals surface area contributed by atoms with Gasteiger partial charge in [-0.15, -0.1) is 0 Å². The molecule has 2 fully saturated rings. The van der Waals surface area contributed by atoms with E-state index in [0.29, 0.717) is 11.7 Å². The van der Waals surface area contributed by atoms with Gasteiger partial charge in [0.1, 0.15) is 0 Å². The first-order valence-corrected chi connectivity index (χ1v) is 11.5. The van der Waals surface area contributed by atoms with E-state index in [1.54, 1.807) is 0 Å². The van der Waals surface area contributed by atoms with Gasteiger partial charge in [-0.1, -0.05) is 12.1 Å². The molecular formula is C25H32F2N4O. The highest BCUT2D eigenvalue weighted by atomic mass is 19.2. The van der Waals surface area contributed by atoms with Gasteiger partial charge in [0.15, 0.2) is 11.6 Å². The lowest BCUT2D eigenvalue weighted by atomic mass is 9.81. The van der Waals surface area contributed by atoms with Crippen LogP contribution in [0.1, 0.15) is 43.7 Å². The number of rotatable bonds is 7. The first kappa shape index (κ1) is 22.7. The highest BCUT2D eigenvalue weighted by molar-refractivity contribution is 5.94. The first-order valence-electron chi connectivity index (χ1n) is 11.5. The number of nitrogens with one attached hydrogen (secondary N) is 3. The van der Waals surface area contributed by atoms with Gasteiger partial charge in [-0.2, -0.15) is 0 Å². The number of carbonyl (C=O) groups excluding carboxylic acids is 1. The van der Waals surface area contributed by atoms with E-state index in [4.69, 9.17) is 0 Å². The molecule has 2 saturated heterocycles. The Balaban J connectivity index is 1.50. The lowest BCUT2D eigenvalue weighted by Gasteiger charge is -2.44. The maximum Gasteiger partial charge on any atom is 0.243 e. The van der Waals surface area contributed by atoms with Crippen molar-refractivity contribution >= 4 is 17.3 Å². The molecule has 0 bridgehead atoms. The van der Waals surface area contributed by atoms with Crippen molar-refractivity contribution in [2.75, 3.05) is 36.8 Å². The fourth-order valence-corrected chi connectivity index (χ4v) is 5.00. The van der Waals surface area contributed by atoms with E-state index in [1.165, 1.54) is 30.9 Å². The predicted octanol–water partition coefficient (Wildman–Crippen LogP) is 4.39. The van der Waals surface area contributed by atoms with Crippen molar-refractivity contribution in [3.8, 4) is 0 Å². The number of anilines is 2. The molecule has 0 aromatic heterocycles. The topological polar surface area (TPSA) is 56.4 Å². The summed E-state index contributed by atoms with van der Waals surface area (Å²) in [5.74, 6) is -2.09. The van der Waals surface area contributed by atoms with E-state index in [-0.39, 0.29) is 18.0 Å². The average molecular weight is 443 g/mol. The van der Waals surface area contributed by atoms with Gasteiger partial charge in [0, 0.05) is 23.5 Å². The number of amides is 1. The highest BCUT2D eigenvalue weighted by Crippen LogP contribution is 2.39. The van der Waals surface area contributed by atoms with Crippen LogP contribution >= 0.6 is 0 Å². The quantitative estimate of drug-likeness (QED) is 0.596. The van der Waals surface area contributed by atoms with E-state index in [9.17, 15) is 13.6 Å². The zero-order valence-corrected chi connectivity index (χ0v) is 18.8. The second-order valence-corrected chi connectivity index (χ2v) is 9.05.